The first-order chi connectivity index (χ1) is 18.3. The van der Waals surface area contributed by atoms with E-state index >= 15 is 0 Å². The van der Waals surface area contributed by atoms with Gasteiger partial charge in [-0.3, -0.25) is 4.18 Å². The Hall–Kier alpha value is -2.17. The van der Waals surface area contributed by atoms with Gasteiger partial charge in [0.1, 0.15) is 29.7 Å². The SMILES string of the molecule is COS(=O)(=O)c1ccc(C)cc1C[C@H]1O[C@@H](c2cc(I)c3c(N=CN(C)C)ncnn23)[C@]2(C)OC(C)(C)O[C@H]12. The van der Waals surface area contributed by atoms with Gasteiger partial charge in [-0.2, -0.15) is 13.5 Å². The second kappa shape index (κ2) is 10.0. The molecule has 2 aromatic heterocycles. The molecule has 0 saturated carbocycles. The summed E-state index contributed by atoms with van der Waals surface area (Å²) in [5.41, 5.74) is 2.16. The molecule has 2 saturated heterocycles. The van der Waals surface area contributed by atoms with E-state index in [4.69, 9.17) is 18.4 Å². The number of hydrogen-bond acceptors (Lipinski definition) is 9. The molecule has 11 nitrogen and oxygen atoms in total. The van der Waals surface area contributed by atoms with Crippen molar-refractivity contribution in [2.75, 3.05) is 21.2 Å². The van der Waals surface area contributed by atoms with Crippen LogP contribution in [0.1, 0.15) is 43.7 Å². The van der Waals surface area contributed by atoms with Gasteiger partial charge >= 0.3 is 0 Å². The number of halogens is 1. The van der Waals surface area contributed by atoms with Crippen LogP contribution in [-0.4, -0.2) is 79.1 Å². The topological polar surface area (TPSA) is 117 Å². The summed E-state index contributed by atoms with van der Waals surface area (Å²) in [5.74, 6) is -0.340. The van der Waals surface area contributed by atoms with E-state index in [2.05, 4.69) is 37.7 Å². The molecule has 2 fully saturated rings. The van der Waals surface area contributed by atoms with Gasteiger partial charge in [0.05, 0.1) is 30.1 Å². The standard InChI is InChI=1S/C26H32IN5O6S/c1-15-8-9-20(39(33,34)35-7)16(10-15)11-19-23-26(4,38-25(2,3)37-23)22(36-19)18-12-17(27)21-24(29-14-31(5)6)28-13-30-32(18)21/h8-10,12-14,19,22-23H,11H2,1-7H3/t19-,22+,23-,26+/m1/s1. The van der Waals surface area contributed by atoms with Gasteiger partial charge in [-0.05, 0) is 68.0 Å². The maximum atomic E-state index is 12.7. The number of fused-ring (bicyclic) bond motifs is 2. The second-order valence-corrected chi connectivity index (χ2v) is 13.5. The number of nitrogens with zero attached hydrogens (tertiary/aromatic N) is 5. The van der Waals surface area contributed by atoms with Crippen molar-refractivity contribution in [2.24, 2.45) is 4.99 Å². The Morgan fingerprint density at radius 2 is 2.00 bits per heavy atom. The lowest BCUT2D eigenvalue weighted by Crippen LogP contribution is -2.40. The van der Waals surface area contributed by atoms with Gasteiger partial charge in [-0.25, -0.2) is 14.5 Å². The summed E-state index contributed by atoms with van der Waals surface area (Å²) in [5, 5.41) is 4.54. The van der Waals surface area contributed by atoms with E-state index < -0.39 is 39.8 Å². The number of ether oxygens (including phenoxy) is 3. The number of rotatable bonds is 7. The average molecular weight is 670 g/mol. The molecule has 2 aliphatic rings. The summed E-state index contributed by atoms with van der Waals surface area (Å²) in [7, 11) is 1.02. The third-order valence-electron chi connectivity index (χ3n) is 6.93. The third-order valence-corrected chi connectivity index (χ3v) is 9.13. The minimum absolute atomic E-state index is 0.112. The number of benzene rings is 1. The molecule has 0 unspecified atom stereocenters. The molecule has 0 radical (unpaired) electrons. The summed E-state index contributed by atoms with van der Waals surface area (Å²) in [6.07, 6.45) is 1.88. The molecule has 4 atom stereocenters. The van der Waals surface area contributed by atoms with Gasteiger partial charge in [-0.1, -0.05) is 17.7 Å². The van der Waals surface area contributed by atoms with Crippen molar-refractivity contribution < 1.29 is 26.8 Å². The van der Waals surface area contributed by atoms with Crippen LogP contribution in [0, 0.1) is 10.5 Å². The van der Waals surface area contributed by atoms with Gasteiger partial charge in [-0.15, -0.1) is 0 Å². The molecule has 0 N–H and O–H groups in total. The molecular weight excluding hydrogens is 637 g/mol. The zero-order valence-electron chi connectivity index (χ0n) is 22.9. The van der Waals surface area contributed by atoms with Crippen LogP contribution in [0.15, 0.2) is 40.5 Å². The normalized spacial score (nSPS) is 26.5. The van der Waals surface area contributed by atoms with Gasteiger partial charge < -0.3 is 19.1 Å². The van der Waals surface area contributed by atoms with Crippen LogP contribution in [0.25, 0.3) is 5.52 Å². The van der Waals surface area contributed by atoms with E-state index in [-0.39, 0.29) is 11.3 Å². The molecule has 13 heteroatoms. The highest BCUT2D eigenvalue weighted by atomic mass is 127. The third kappa shape index (κ3) is 5.08. The van der Waals surface area contributed by atoms with Crippen molar-refractivity contribution in [3.8, 4) is 0 Å². The fraction of sp³-hybridized carbons (Fsp3) is 0.500. The molecule has 210 valence electrons. The highest BCUT2D eigenvalue weighted by Crippen LogP contribution is 2.54. The van der Waals surface area contributed by atoms with Gasteiger partial charge in [0.25, 0.3) is 10.1 Å². The molecule has 4 heterocycles. The van der Waals surface area contributed by atoms with Crippen LogP contribution in [-0.2, 0) is 34.9 Å². The van der Waals surface area contributed by atoms with Crippen LogP contribution in [0.2, 0.25) is 0 Å². The monoisotopic (exact) mass is 669 g/mol. The molecule has 0 bridgehead atoms. The van der Waals surface area contributed by atoms with Gasteiger partial charge in [0.2, 0.25) is 0 Å². The summed E-state index contributed by atoms with van der Waals surface area (Å²) in [4.78, 5) is 10.8. The van der Waals surface area contributed by atoms with E-state index in [1.165, 1.54) is 6.33 Å². The maximum Gasteiger partial charge on any atom is 0.296 e. The Bertz CT molecular complexity index is 1560. The Balaban J connectivity index is 1.59. The van der Waals surface area contributed by atoms with Crippen LogP contribution in [0.5, 0.6) is 0 Å². The van der Waals surface area contributed by atoms with E-state index in [1.807, 2.05) is 58.8 Å². The Kier molecular flexibility index (Phi) is 7.29. The summed E-state index contributed by atoms with van der Waals surface area (Å²) in [6, 6.07) is 7.16. The fourth-order valence-electron chi connectivity index (χ4n) is 5.46. The zero-order chi connectivity index (χ0) is 28.3. The van der Waals surface area contributed by atoms with Crippen LogP contribution in [0.4, 0.5) is 5.82 Å². The Morgan fingerprint density at radius 1 is 1.26 bits per heavy atom. The molecule has 0 spiro atoms. The molecule has 2 aliphatic heterocycles. The van der Waals surface area contributed by atoms with Gasteiger partial charge in [0, 0.05) is 24.1 Å². The van der Waals surface area contributed by atoms with Crippen molar-refractivity contribution in [2.45, 2.75) is 68.7 Å². The minimum atomic E-state index is -3.92. The molecule has 5 rings (SSSR count). The predicted octanol–water partition coefficient (Wildman–Crippen LogP) is 3.79. The minimum Gasteiger partial charge on any atom is -0.369 e. The highest BCUT2D eigenvalue weighted by Gasteiger charge is 2.64. The summed E-state index contributed by atoms with van der Waals surface area (Å²) < 4.78 is 52.6. The first-order valence-electron chi connectivity index (χ1n) is 12.4. The van der Waals surface area contributed by atoms with E-state index in [9.17, 15) is 8.42 Å². The number of hydrogen-bond donors (Lipinski definition) is 0. The lowest BCUT2D eigenvalue weighted by molar-refractivity contribution is -0.204. The van der Waals surface area contributed by atoms with Crippen LogP contribution in [0.3, 0.4) is 0 Å². The predicted molar refractivity (Wildman–Crippen MR) is 153 cm³/mol. The molecule has 0 amide bonds. The first kappa shape index (κ1) is 28.4. The molecule has 39 heavy (non-hydrogen) atoms. The lowest BCUT2D eigenvalue weighted by atomic mass is 9.89. The fourth-order valence-corrected chi connectivity index (χ4v) is 7.13. The number of aryl methyl sites for hydroxylation is 1. The van der Waals surface area contributed by atoms with E-state index in [1.54, 1.807) is 23.0 Å². The lowest BCUT2D eigenvalue weighted by Gasteiger charge is -2.29. The zero-order valence-corrected chi connectivity index (χ0v) is 25.8. The molecular formula is C26H32IN5O6S. The van der Waals surface area contributed by atoms with Crippen molar-refractivity contribution in [1.82, 2.24) is 19.5 Å². The molecule has 0 aliphatic carbocycles. The quantitative estimate of drug-likeness (QED) is 0.160. The number of aromatic nitrogens is 3. The maximum absolute atomic E-state index is 12.7. The van der Waals surface area contributed by atoms with Crippen molar-refractivity contribution in [3.05, 3.63) is 51.0 Å². The summed E-state index contributed by atoms with van der Waals surface area (Å²) in [6.45, 7) is 7.62. The highest BCUT2D eigenvalue weighted by molar-refractivity contribution is 14.1. The molecule has 1 aromatic carbocycles. The van der Waals surface area contributed by atoms with Crippen molar-refractivity contribution >= 4 is 50.4 Å². The van der Waals surface area contributed by atoms with Crippen molar-refractivity contribution in [1.29, 1.82) is 0 Å². The van der Waals surface area contributed by atoms with E-state index in [0.29, 0.717) is 11.4 Å². The molecule has 3 aromatic rings. The smallest absolute Gasteiger partial charge is 0.296 e. The van der Waals surface area contributed by atoms with Crippen molar-refractivity contribution in [3.63, 3.8) is 0 Å². The number of aliphatic imine (C=N–C) groups is 1. The van der Waals surface area contributed by atoms with Crippen LogP contribution < -0.4 is 0 Å². The second-order valence-electron chi connectivity index (χ2n) is 10.7. The Morgan fingerprint density at radius 3 is 2.69 bits per heavy atom. The largest absolute Gasteiger partial charge is 0.369 e. The average Bonchev–Trinajstić information content (AvgIpc) is 3.41. The van der Waals surface area contributed by atoms with E-state index in [0.717, 1.165) is 27.5 Å². The Labute approximate surface area is 241 Å². The summed E-state index contributed by atoms with van der Waals surface area (Å²) >= 11 is 2.25. The first-order valence-corrected chi connectivity index (χ1v) is 14.9. The van der Waals surface area contributed by atoms with Gasteiger partial charge in [0.15, 0.2) is 11.6 Å². The van der Waals surface area contributed by atoms with Crippen LogP contribution >= 0.6 is 22.6 Å².